The van der Waals surface area contributed by atoms with Crippen LogP contribution >= 0.6 is 0 Å². The van der Waals surface area contributed by atoms with E-state index in [0.717, 1.165) is 35.8 Å². The van der Waals surface area contributed by atoms with Gasteiger partial charge in [0.05, 0.1) is 5.56 Å². The lowest BCUT2D eigenvalue weighted by atomic mass is 10.1. The summed E-state index contributed by atoms with van der Waals surface area (Å²) >= 11 is 0. The average Bonchev–Trinajstić information content (AvgIpc) is 2.52. The van der Waals surface area contributed by atoms with Gasteiger partial charge in [-0.15, -0.1) is 0 Å². The Hall–Kier alpha value is -2.01. The molecular weight excluding hydrogens is 325 g/mol. The first kappa shape index (κ1) is 19.3. The molecule has 2 aromatic carbocycles. The van der Waals surface area contributed by atoms with Crippen molar-refractivity contribution in [1.29, 1.82) is 0 Å². The maximum Gasteiger partial charge on any atom is 0.416 e. The fourth-order valence-corrected chi connectivity index (χ4v) is 2.86. The number of anilines is 2. The van der Waals surface area contributed by atoms with E-state index in [1.807, 2.05) is 57.1 Å². The third kappa shape index (κ3) is 4.98. The zero-order valence-corrected chi connectivity index (χ0v) is 15.2. The van der Waals surface area contributed by atoms with Crippen molar-refractivity contribution in [2.75, 3.05) is 32.1 Å². The van der Waals surface area contributed by atoms with Gasteiger partial charge < -0.3 is 9.80 Å². The molecule has 136 valence electrons. The summed E-state index contributed by atoms with van der Waals surface area (Å²) in [5.41, 5.74) is 2.83. The second-order valence-corrected chi connectivity index (χ2v) is 6.59. The summed E-state index contributed by atoms with van der Waals surface area (Å²) in [6.45, 7) is 5.37. The topological polar surface area (TPSA) is 6.48 Å². The monoisotopic (exact) mass is 350 g/mol. The molecule has 5 heteroatoms. The van der Waals surface area contributed by atoms with Crippen molar-refractivity contribution < 1.29 is 13.2 Å². The molecule has 2 aromatic rings. The molecule has 0 saturated carbocycles. The van der Waals surface area contributed by atoms with Crippen molar-refractivity contribution in [3.8, 4) is 0 Å². The molecule has 0 unspecified atom stereocenters. The van der Waals surface area contributed by atoms with Crippen LogP contribution in [0.15, 0.2) is 42.5 Å². The van der Waals surface area contributed by atoms with E-state index in [1.54, 1.807) is 6.07 Å². The summed E-state index contributed by atoms with van der Waals surface area (Å²) in [5, 5.41) is 0. The third-order valence-electron chi connectivity index (χ3n) is 4.22. The Bertz CT molecular complexity index is 708. The van der Waals surface area contributed by atoms with Gasteiger partial charge in [-0.2, -0.15) is 13.2 Å². The van der Waals surface area contributed by atoms with Crippen LogP contribution in [0.5, 0.6) is 0 Å². The number of para-hydroxylation sites is 1. The molecule has 0 aliphatic heterocycles. The molecule has 0 aliphatic rings. The quantitative estimate of drug-likeness (QED) is 0.687. The fourth-order valence-electron chi connectivity index (χ4n) is 2.86. The van der Waals surface area contributed by atoms with Crippen LogP contribution < -0.4 is 4.90 Å². The fraction of sp³-hybridized carbons (Fsp3) is 0.400. The van der Waals surface area contributed by atoms with E-state index in [0.29, 0.717) is 12.2 Å². The van der Waals surface area contributed by atoms with Crippen molar-refractivity contribution in [3.63, 3.8) is 0 Å². The summed E-state index contributed by atoms with van der Waals surface area (Å²) < 4.78 is 39.5. The third-order valence-corrected chi connectivity index (χ3v) is 4.22. The largest absolute Gasteiger partial charge is 0.416 e. The van der Waals surface area contributed by atoms with Crippen LogP contribution in [0.25, 0.3) is 0 Å². The van der Waals surface area contributed by atoms with Crippen LogP contribution in [0.1, 0.15) is 23.1 Å². The Labute approximate surface area is 147 Å². The van der Waals surface area contributed by atoms with E-state index in [1.165, 1.54) is 6.07 Å². The number of alkyl halides is 3. The zero-order chi connectivity index (χ0) is 18.6. The van der Waals surface area contributed by atoms with Crippen LogP contribution in [0.2, 0.25) is 0 Å². The van der Waals surface area contributed by atoms with E-state index < -0.39 is 11.7 Å². The van der Waals surface area contributed by atoms with Gasteiger partial charge in [0.15, 0.2) is 0 Å². The molecule has 0 radical (unpaired) electrons. The normalized spacial score (nSPS) is 11.8. The standard InChI is InChI=1S/C20H25F3N2/c1-15-8-5-6-9-18(15)25(13-7-12-24(3)4)19-14-17(20(21,22)23)11-10-16(19)2/h5-6,8-11,14H,7,12-13H2,1-4H3. The predicted octanol–water partition coefficient (Wildman–Crippen LogP) is 5.41. The SMILES string of the molecule is Cc1ccccc1N(CCCN(C)C)c1cc(C(F)(F)F)ccc1C. The number of hydrogen-bond acceptors (Lipinski definition) is 2. The van der Waals surface area contributed by atoms with Crippen molar-refractivity contribution in [1.82, 2.24) is 4.90 Å². The van der Waals surface area contributed by atoms with E-state index in [2.05, 4.69) is 4.90 Å². The Morgan fingerprint density at radius 2 is 1.48 bits per heavy atom. The van der Waals surface area contributed by atoms with Gasteiger partial charge in [0, 0.05) is 17.9 Å². The maximum atomic E-state index is 13.2. The number of nitrogens with zero attached hydrogens (tertiary/aromatic N) is 2. The van der Waals surface area contributed by atoms with Crippen LogP contribution in [0.3, 0.4) is 0 Å². The summed E-state index contributed by atoms with van der Waals surface area (Å²) in [6.07, 6.45) is -3.49. The number of aryl methyl sites for hydroxylation is 2. The molecular formula is C20H25F3N2. The highest BCUT2D eigenvalue weighted by atomic mass is 19.4. The van der Waals surface area contributed by atoms with Crippen molar-refractivity contribution in [2.45, 2.75) is 26.4 Å². The van der Waals surface area contributed by atoms with Gasteiger partial charge in [0.2, 0.25) is 0 Å². The molecule has 0 amide bonds. The molecule has 0 heterocycles. The van der Waals surface area contributed by atoms with Crippen LogP contribution in [0.4, 0.5) is 24.5 Å². The summed E-state index contributed by atoms with van der Waals surface area (Å²) in [5.74, 6) is 0. The first-order valence-corrected chi connectivity index (χ1v) is 8.36. The van der Waals surface area contributed by atoms with Gasteiger partial charge >= 0.3 is 6.18 Å². The van der Waals surface area contributed by atoms with Gasteiger partial charge in [0.1, 0.15) is 0 Å². The van der Waals surface area contributed by atoms with E-state index in [4.69, 9.17) is 0 Å². The smallest absolute Gasteiger partial charge is 0.341 e. The molecule has 2 nitrogen and oxygen atoms in total. The Balaban J connectivity index is 2.46. The van der Waals surface area contributed by atoms with Gasteiger partial charge in [-0.3, -0.25) is 0 Å². The van der Waals surface area contributed by atoms with Crippen LogP contribution in [-0.4, -0.2) is 32.1 Å². The second kappa shape index (κ2) is 7.91. The average molecular weight is 350 g/mol. The van der Waals surface area contributed by atoms with Gasteiger partial charge in [-0.05, 0) is 70.2 Å². The molecule has 0 saturated heterocycles. The lowest BCUT2D eigenvalue weighted by Gasteiger charge is -2.29. The van der Waals surface area contributed by atoms with Gasteiger partial charge in [0.25, 0.3) is 0 Å². The molecule has 2 rings (SSSR count). The molecule has 0 bridgehead atoms. The number of hydrogen-bond donors (Lipinski definition) is 0. The van der Waals surface area contributed by atoms with E-state index in [9.17, 15) is 13.2 Å². The lowest BCUT2D eigenvalue weighted by Crippen LogP contribution is -2.24. The summed E-state index contributed by atoms with van der Waals surface area (Å²) in [4.78, 5) is 4.08. The zero-order valence-electron chi connectivity index (χ0n) is 15.2. The first-order chi connectivity index (χ1) is 11.7. The Morgan fingerprint density at radius 3 is 2.08 bits per heavy atom. The first-order valence-electron chi connectivity index (χ1n) is 8.36. The van der Waals surface area contributed by atoms with Crippen molar-refractivity contribution in [2.24, 2.45) is 0 Å². The van der Waals surface area contributed by atoms with Crippen LogP contribution in [-0.2, 0) is 6.18 Å². The van der Waals surface area contributed by atoms with Gasteiger partial charge in [-0.25, -0.2) is 0 Å². The molecule has 0 spiro atoms. The molecule has 0 atom stereocenters. The van der Waals surface area contributed by atoms with Crippen LogP contribution in [0, 0.1) is 13.8 Å². The minimum Gasteiger partial charge on any atom is -0.341 e. The van der Waals surface area contributed by atoms with Crippen molar-refractivity contribution in [3.05, 3.63) is 59.2 Å². The number of benzene rings is 2. The Morgan fingerprint density at radius 1 is 0.840 bits per heavy atom. The van der Waals surface area contributed by atoms with Crippen molar-refractivity contribution >= 4 is 11.4 Å². The summed E-state index contributed by atoms with van der Waals surface area (Å²) in [6, 6.07) is 11.8. The lowest BCUT2D eigenvalue weighted by molar-refractivity contribution is -0.137. The van der Waals surface area contributed by atoms with E-state index in [-0.39, 0.29) is 0 Å². The molecule has 0 fully saturated rings. The molecule has 0 N–H and O–H groups in total. The highest BCUT2D eigenvalue weighted by Gasteiger charge is 2.31. The number of halogens is 3. The summed E-state index contributed by atoms with van der Waals surface area (Å²) in [7, 11) is 3.99. The predicted molar refractivity (Wildman–Crippen MR) is 97.5 cm³/mol. The molecule has 0 aromatic heterocycles. The highest BCUT2D eigenvalue weighted by Crippen LogP contribution is 2.36. The molecule has 25 heavy (non-hydrogen) atoms. The second-order valence-electron chi connectivity index (χ2n) is 6.59. The van der Waals surface area contributed by atoms with E-state index >= 15 is 0 Å². The highest BCUT2D eigenvalue weighted by molar-refractivity contribution is 5.69. The minimum absolute atomic E-state index is 0.612. The molecule has 0 aliphatic carbocycles. The Kier molecular flexibility index (Phi) is 6.11. The maximum absolute atomic E-state index is 13.2. The minimum atomic E-state index is -4.34. The number of rotatable bonds is 6. The van der Waals surface area contributed by atoms with Gasteiger partial charge in [-0.1, -0.05) is 24.3 Å².